The monoisotopic (exact) mass is 254 g/mol. The minimum absolute atomic E-state index is 0.0176. The fraction of sp³-hybridized carbons (Fsp3) is 0.615. The van der Waals surface area contributed by atoms with E-state index in [2.05, 4.69) is 18.4 Å². The first-order valence-electron chi connectivity index (χ1n) is 5.97. The molecule has 4 heteroatoms. The molecule has 2 N–H and O–H groups in total. The Hall–Kier alpha value is -0.870. The summed E-state index contributed by atoms with van der Waals surface area (Å²) in [5.41, 5.74) is 5.23. The van der Waals surface area contributed by atoms with Crippen molar-refractivity contribution in [2.45, 2.75) is 45.2 Å². The Morgan fingerprint density at radius 3 is 2.76 bits per heavy atom. The quantitative estimate of drug-likeness (QED) is 0.876. The van der Waals surface area contributed by atoms with Crippen LogP contribution in [0.4, 0.5) is 0 Å². The van der Waals surface area contributed by atoms with Crippen LogP contribution in [0, 0.1) is 0 Å². The van der Waals surface area contributed by atoms with Crippen LogP contribution in [0.3, 0.4) is 0 Å². The first-order valence-corrected chi connectivity index (χ1v) is 6.85. The molecule has 96 valence electrons. The molecule has 0 aliphatic heterocycles. The molecule has 0 radical (unpaired) electrons. The average Bonchev–Trinajstić information content (AvgIpc) is 2.79. The Kier molecular flexibility index (Phi) is 4.71. The van der Waals surface area contributed by atoms with Crippen molar-refractivity contribution in [3.8, 4) is 0 Å². The van der Waals surface area contributed by atoms with E-state index in [0.29, 0.717) is 6.42 Å². The fourth-order valence-electron chi connectivity index (χ4n) is 1.61. The number of rotatable bonds is 5. The van der Waals surface area contributed by atoms with Crippen LogP contribution < -0.4 is 5.73 Å². The second kappa shape index (κ2) is 5.65. The maximum absolute atomic E-state index is 12.2. The summed E-state index contributed by atoms with van der Waals surface area (Å²) in [4.78, 5) is 15.2. The van der Waals surface area contributed by atoms with Crippen LogP contribution in [0.25, 0.3) is 0 Å². The van der Waals surface area contributed by atoms with Crippen LogP contribution in [0.2, 0.25) is 0 Å². The summed E-state index contributed by atoms with van der Waals surface area (Å²) in [6, 6.07) is 4.31. The number of amides is 1. The van der Waals surface area contributed by atoms with E-state index in [9.17, 15) is 4.79 Å². The molecule has 0 aromatic carbocycles. The third kappa shape index (κ3) is 3.54. The summed E-state index contributed by atoms with van der Waals surface area (Å²) in [6.07, 6.45) is 1.54. The molecule has 2 atom stereocenters. The van der Waals surface area contributed by atoms with Crippen molar-refractivity contribution >= 4 is 17.2 Å². The van der Waals surface area contributed by atoms with E-state index >= 15 is 0 Å². The highest BCUT2D eigenvalue weighted by atomic mass is 32.1. The Morgan fingerprint density at radius 1 is 1.65 bits per heavy atom. The Morgan fingerprint density at radius 2 is 2.29 bits per heavy atom. The summed E-state index contributed by atoms with van der Waals surface area (Å²) in [5, 5.41) is 2.06. The van der Waals surface area contributed by atoms with Gasteiger partial charge in [-0.2, -0.15) is 0 Å². The number of thiophene rings is 1. The van der Waals surface area contributed by atoms with Crippen molar-refractivity contribution in [1.29, 1.82) is 0 Å². The molecular weight excluding hydrogens is 232 g/mol. The van der Waals surface area contributed by atoms with E-state index in [1.54, 1.807) is 23.2 Å². The topological polar surface area (TPSA) is 46.3 Å². The number of carbonyl (C=O) groups excluding carboxylic acids is 1. The van der Waals surface area contributed by atoms with Gasteiger partial charge in [0.25, 0.3) is 0 Å². The lowest BCUT2D eigenvalue weighted by molar-refractivity contribution is -0.137. The third-order valence-electron chi connectivity index (χ3n) is 3.28. The first kappa shape index (κ1) is 14.2. The van der Waals surface area contributed by atoms with Crippen molar-refractivity contribution in [2.75, 3.05) is 7.05 Å². The van der Waals surface area contributed by atoms with Crippen LogP contribution >= 0.6 is 11.3 Å². The van der Waals surface area contributed by atoms with E-state index in [0.717, 1.165) is 6.42 Å². The molecular formula is C13H22N2OS. The molecule has 0 fully saturated rings. The Bertz CT molecular complexity index is 360. The van der Waals surface area contributed by atoms with E-state index in [1.165, 1.54) is 4.88 Å². The van der Waals surface area contributed by atoms with Gasteiger partial charge >= 0.3 is 0 Å². The zero-order valence-electron chi connectivity index (χ0n) is 11.1. The van der Waals surface area contributed by atoms with Crippen molar-refractivity contribution in [1.82, 2.24) is 4.90 Å². The summed E-state index contributed by atoms with van der Waals surface area (Å²) in [6.45, 7) is 5.79. The van der Waals surface area contributed by atoms with Gasteiger partial charge in [0.2, 0.25) is 5.91 Å². The normalized spacial score (nSPS) is 16.3. The maximum Gasteiger partial charge on any atom is 0.242 e. The fourth-order valence-corrected chi connectivity index (χ4v) is 2.44. The maximum atomic E-state index is 12.2. The molecule has 1 aromatic rings. The number of nitrogens with zero attached hydrogens (tertiary/aromatic N) is 1. The van der Waals surface area contributed by atoms with Gasteiger partial charge in [0, 0.05) is 24.4 Å². The summed E-state index contributed by atoms with van der Waals surface area (Å²) in [7, 11) is 1.83. The van der Waals surface area contributed by atoms with E-state index in [4.69, 9.17) is 5.73 Å². The van der Waals surface area contributed by atoms with Gasteiger partial charge in [-0.3, -0.25) is 4.79 Å². The Balaban J connectivity index is 2.63. The number of nitrogens with two attached hydrogens (primary N) is 1. The number of hydrogen-bond acceptors (Lipinski definition) is 3. The highest BCUT2D eigenvalue weighted by Gasteiger charge is 2.31. The second-order valence-corrected chi connectivity index (χ2v) is 5.85. The minimum atomic E-state index is -0.752. The van der Waals surface area contributed by atoms with Crippen LogP contribution in [0.1, 0.15) is 32.1 Å². The Labute approximate surface area is 108 Å². The molecule has 0 saturated carbocycles. The van der Waals surface area contributed by atoms with Crippen molar-refractivity contribution < 1.29 is 4.79 Å². The lowest BCUT2D eigenvalue weighted by Gasteiger charge is -2.32. The summed E-state index contributed by atoms with van der Waals surface area (Å²) in [5.74, 6) is 0.0176. The van der Waals surface area contributed by atoms with Crippen LogP contribution in [-0.2, 0) is 11.2 Å². The van der Waals surface area contributed by atoms with Gasteiger partial charge in [-0.05, 0) is 31.7 Å². The SMILES string of the molecule is CCC(C)(N)C(=O)N(C)C(C)Cc1cccs1. The zero-order valence-corrected chi connectivity index (χ0v) is 11.9. The predicted molar refractivity (Wildman–Crippen MR) is 73.1 cm³/mol. The summed E-state index contributed by atoms with van der Waals surface area (Å²) >= 11 is 1.72. The van der Waals surface area contributed by atoms with Crippen LogP contribution in [-0.4, -0.2) is 29.4 Å². The molecule has 1 aromatic heterocycles. The molecule has 3 nitrogen and oxygen atoms in total. The van der Waals surface area contributed by atoms with Gasteiger partial charge in [0.1, 0.15) is 0 Å². The molecule has 17 heavy (non-hydrogen) atoms. The van der Waals surface area contributed by atoms with Crippen LogP contribution in [0.5, 0.6) is 0 Å². The van der Waals surface area contributed by atoms with E-state index < -0.39 is 5.54 Å². The molecule has 0 bridgehead atoms. The van der Waals surface area contributed by atoms with Gasteiger partial charge in [-0.25, -0.2) is 0 Å². The first-order chi connectivity index (χ1) is 7.88. The molecule has 0 saturated heterocycles. The number of carbonyl (C=O) groups is 1. The smallest absolute Gasteiger partial charge is 0.242 e. The third-order valence-corrected chi connectivity index (χ3v) is 4.18. The highest BCUT2D eigenvalue weighted by molar-refractivity contribution is 7.09. The largest absolute Gasteiger partial charge is 0.341 e. The van der Waals surface area contributed by atoms with Gasteiger partial charge in [-0.1, -0.05) is 13.0 Å². The molecule has 0 spiro atoms. The number of likely N-dealkylation sites (N-methyl/N-ethyl adjacent to an activating group) is 1. The van der Waals surface area contributed by atoms with E-state index in [1.807, 2.05) is 20.0 Å². The highest BCUT2D eigenvalue weighted by Crippen LogP contribution is 2.16. The van der Waals surface area contributed by atoms with E-state index in [-0.39, 0.29) is 11.9 Å². The zero-order chi connectivity index (χ0) is 13.1. The van der Waals surface area contributed by atoms with Gasteiger partial charge in [0.05, 0.1) is 5.54 Å². The predicted octanol–water partition coefficient (Wildman–Crippen LogP) is 2.26. The molecule has 2 unspecified atom stereocenters. The van der Waals surface area contributed by atoms with Gasteiger partial charge in [-0.15, -0.1) is 11.3 Å². The van der Waals surface area contributed by atoms with Crippen molar-refractivity contribution in [3.05, 3.63) is 22.4 Å². The van der Waals surface area contributed by atoms with Crippen molar-refractivity contribution in [3.63, 3.8) is 0 Å². The molecule has 1 rings (SSSR count). The second-order valence-electron chi connectivity index (χ2n) is 4.82. The molecule has 1 heterocycles. The average molecular weight is 254 g/mol. The minimum Gasteiger partial charge on any atom is -0.341 e. The molecule has 0 aliphatic rings. The lowest BCUT2D eigenvalue weighted by Crippen LogP contribution is -2.54. The molecule has 1 amide bonds. The van der Waals surface area contributed by atoms with Crippen LogP contribution in [0.15, 0.2) is 17.5 Å². The lowest BCUT2D eigenvalue weighted by atomic mass is 9.97. The summed E-state index contributed by atoms with van der Waals surface area (Å²) < 4.78 is 0. The number of hydrogen-bond donors (Lipinski definition) is 1. The molecule has 0 aliphatic carbocycles. The standard InChI is InChI=1S/C13H22N2OS/c1-5-13(3,14)12(16)15(4)10(2)9-11-7-6-8-17-11/h6-8,10H,5,9,14H2,1-4H3. The van der Waals surface area contributed by atoms with Gasteiger partial charge < -0.3 is 10.6 Å². The van der Waals surface area contributed by atoms with Gasteiger partial charge in [0.15, 0.2) is 0 Å². The van der Waals surface area contributed by atoms with Crippen molar-refractivity contribution in [2.24, 2.45) is 5.73 Å².